The lowest BCUT2D eigenvalue weighted by Crippen LogP contribution is -2.24. The molecule has 1 fully saturated rings. The highest BCUT2D eigenvalue weighted by Crippen LogP contribution is 2.42. The second-order valence-electron chi connectivity index (χ2n) is 8.49. The van der Waals surface area contributed by atoms with E-state index in [0.717, 1.165) is 40.3 Å². The minimum Gasteiger partial charge on any atom is -0.383 e. The third kappa shape index (κ3) is 3.56. The molecule has 0 amide bonds. The summed E-state index contributed by atoms with van der Waals surface area (Å²) in [6.07, 6.45) is 6.44. The quantitative estimate of drug-likeness (QED) is 0.415. The van der Waals surface area contributed by atoms with E-state index in [9.17, 15) is 13.6 Å². The maximum atomic E-state index is 15.4. The second-order valence-corrected chi connectivity index (χ2v) is 8.49. The van der Waals surface area contributed by atoms with Gasteiger partial charge >= 0.3 is 5.69 Å². The zero-order chi connectivity index (χ0) is 24.3. The van der Waals surface area contributed by atoms with Crippen molar-refractivity contribution >= 4 is 16.9 Å². The van der Waals surface area contributed by atoms with E-state index in [1.165, 1.54) is 18.7 Å². The fourth-order valence-corrected chi connectivity index (χ4v) is 4.27. The van der Waals surface area contributed by atoms with Crippen LogP contribution in [0.25, 0.3) is 27.8 Å². The van der Waals surface area contributed by atoms with E-state index in [4.69, 9.17) is 5.73 Å². The number of halogens is 3. The summed E-state index contributed by atoms with van der Waals surface area (Å²) in [5, 5.41) is 4.59. The summed E-state index contributed by atoms with van der Waals surface area (Å²) in [6, 6.07) is 7.59. The molecule has 3 heterocycles. The predicted molar refractivity (Wildman–Crippen MR) is 122 cm³/mol. The number of nitrogen functional groups attached to an aromatic ring is 1. The lowest BCUT2D eigenvalue weighted by molar-refractivity contribution is 0.574. The van der Waals surface area contributed by atoms with Gasteiger partial charge in [-0.05, 0) is 43.2 Å². The van der Waals surface area contributed by atoms with E-state index in [2.05, 4.69) is 15.1 Å². The van der Waals surface area contributed by atoms with Gasteiger partial charge < -0.3 is 10.3 Å². The highest BCUT2D eigenvalue weighted by Gasteiger charge is 2.28. The number of hydrogen-bond donors (Lipinski definition) is 1. The van der Waals surface area contributed by atoms with Crippen molar-refractivity contribution in [2.75, 3.05) is 5.73 Å². The Morgan fingerprint density at radius 1 is 1.00 bits per heavy atom. The van der Waals surface area contributed by atoms with E-state index >= 15 is 4.39 Å². The van der Waals surface area contributed by atoms with Gasteiger partial charge in [-0.15, -0.1) is 0 Å². The van der Waals surface area contributed by atoms with Gasteiger partial charge in [-0.2, -0.15) is 9.78 Å². The third-order valence-electron chi connectivity index (χ3n) is 6.15. The number of hydrogen-bond acceptors (Lipinski definition) is 5. The Morgan fingerprint density at radius 2 is 1.83 bits per heavy atom. The van der Waals surface area contributed by atoms with E-state index in [-0.39, 0.29) is 29.2 Å². The van der Waals surface area contributed by atoms with Gasteiger partial charge in [0.15, 0.2) is 0 Å². The van der Waals surface area contributed by atoms with Crippen molar-refractivity contribution in [1.82, 2.24) is 28.9 Å². The van der Waals surface area contributed by atoms with Crippen LogP contribution < -0.4 is 11.4 Å². The van der Waals surface area contributed by atoms with Gasteiger partial charge in [0.05, 0.1) is 17.6 Å². The maximum Gasteiger partial charge on any atom is 0.350 e. The first-order valence-electron chi connectivity index (χ1n) is 10.9. The van der Waals surface area contributed by atoms with Crippen molar-refractivity contribution in [3.8, 4) is 16.8 Å². The molecule has 0 unspecified atom stereocenters. The molecule has 1 aliphatic rings. The van der Waals surface area contributed by atoms with Crippen LogP contribution in [0.3, 0.4) is 0 Å². The molecule has 176 valence electrons. The van der Waals surface area contributed by atoms with Crippen molar-refractivity contribution in [3.63, 3.8) is 0 Å². The zero-order valence-electron chi connectivity index (χ0n) is 18.2. The van der Waals surface area contributed by atoms with E-state index < -0.39 is 23.1 Å². The predicted octanol–water partition coefficient (Wildman–Crippen LogP) is 3.83. The Kier molecular flexibility index (Phi) is 4.73. The van der Waals surface area contributed by atoms with Crippen molar-refractivity contribution in [2.24, 2.45) is 0 Å². The standard InChI is InChI=1S/C24H18F3N7O/c25-14-1-6-19(26)13(7-14)9-32-12-31-34(24(32)35)16-4-5-17(20(27)8-16)18-10-33(15-2-3-15)23-21(18)22(28)29-11-30-23/h1,4-8,10-12,15H,2-3,9H2,(H2,28,29,30). The van der Waals surface area contributed by atoms with Crippen molar-refractivity contribution < 1.29 is 13.2 Å². The van der Waals surface area contributed by atoms with Crippen molar-refractivity contribution in [2.45, 2.75) is 25.4 Å². The zero-order valence-corrected chi connectivity index (χ0v) is 18.2. The fraction of sp³-hybridized carbons (Fsp3) is 0.167. The third-order valence-corrected chi connectivity index (χ3v) is 6.15. The normalized spacial score (nSPS) is 13.6. The first kappa shape index (κ1) is 21.1. The Morgan fingerprint density at radius 3 is 2.60 bits per heavy atom. The van der Waals surface area contributed by atoms with Gasteiger partial charge in [0.25, 0.3) is 0 Å². The summed E-state index contributed by atoms with van der Waals surface area (Å²) in [5.74, 6) is -1.59. The van der Waals surface area contributed by atoms with Gasteiger partial charge in [-0.25, -0.2) is 27.9 Å². The molecule has 5 aromatic rings. The molecule has 35 heavy (non-hydrogen) atoms. The number of benzene rings is 2. The minimum atomic E-state index is -0.643. The van der Waals surface area contributed by atoms with Crippen LogP contribution in [0.15, 0.2) is 60.0 Å². The Labute approximate surface area is 196 Å². The van der Waals surface area contributed by atoms with Gasteiger partial charge in [-0.3, -0.25) is 4.57 Å². The maximum absolute atomic E-state index is 15.4. The first-order chi connectivity index (χ1) is 16.9. The molecule has 2 N–H and O–H groups in total. The Bertz CT molecular complexity index is 1670. The monoisotopic (exact) mass is 477 g/mol. The highest BCUT2D eigenvalue weighted by molar-refractivity contribution is 6.00. The van der Waals surface area contributed by atoms with Crippen LogP contribution in [-0.4, -0.2) is 28.9 Å². The summed E-state index contributed by atoms with van der Waals surface area (Å²) >= 11 is 0. The van der Waals surface area contributed by atoms with E-state index in [1.54, 1.807) is 12.1 Å². The Balaban J connectivity index is 1.38. The summed E-state index contributed by atoms with van der Waals surface area (Å²) in [4.78, 5) is 21.2. The number of anilines is 1. The number of aromatic nitrogens is 6. The largest absolute Gasteiger partial charge is 0.383 e. The van der Waals surface area contributed by atoms with Crippen LogP contribution in [-0.2, 0) is 6.54 Å². The second kappa shape index (κ2) is 7.83. The molecule has 1 aliphatic carbocycles. The van der Waals surface area contributed by atoms with Gasteiger partial charge in [-0.1, -0.05) is 0 Å². The Hall–Kier alpha value is -4.41. The SMILES string of the molecule is Nc1ncnc2c1c(-c1ccc(-n3ncn(Cc4cc(F)ccc4F)c3=O)cc1F)cn2C1CC1. The van der Waals surface area contributed by atoms with Gasteiger partial charge in [0, 0.05) is 35.0 Å². The van der Waals surface area contributed by atoms with Crippen LogP contribution in [0.2, 0.25) is 0 Å². The summed E-state index contributed by atoms with van der Waals surface area (Å²) in [5.41, 5.74) is 7.17. The molecular weight excluding hydrogens is 459 g/mol. The van der Waals surface area contributed by atoms with Gasteiger partial charge in [0.2, 0.25) is 0 Å². The molecule has 0 bridgehead atoms. The van der Waals surface area contributed by atoms with Crippen LogP contribution in [0.1, 0.15) is 24.4 Å². The van der Waals surface area contributed by atoms with Gasteiger partial charge in [0.1, 0.15) is 41.6 Å². The lowest BCUT2D eigenvalue weighted by Gasteiger charge is -2.06. The molecular formula is C24H18F3N7O. The lowest BCUT2D eigenvalue weighted by atomic mass is 10.0. The molecule has 0 saturated heterocycles. The topological polar surface area (TPSA) is 96.6 Å². The molecule has 2 aromatic carbocycles. The molecule has 1 saturated carbocycles. The van der Waals surface area contributed by atoms with Crippen LogP contribution >= 0.6 is 0 Å². The molecule has 3 aromatic heterocycles. The highest BCUT2D eigenvalue weighted by atomic mass is 19.1. The average molecular weight is 477 g/mol. The fourth-order valence-electron chi connectivity index (χ4n) is 4.27. The summed E-state index contributed by atoms with van der Waals surface area (Å²) in [6.45, 7) is -0.219. The molecule has 0 aliphatic heterocycles. The van der Waals surface area contributed by atoms with Crippen LogP contribution in [0.4, 0.5) is 19.0 Å². The molecule has 8 nitrogen and oxygen atoms in total. The average Bonchev–Trinajstić information content (AvgIpc) is 3.51. The molecule has 0 radical (unpaired) electrons. The number of rotatable bonds is 5. The molecule has 0 atom stereocenters. The molecule has 6 rings (SSSR count). The van der Waals surface area contributed by atoms with Crippen LogP contribution in [0, 0.1) is 17.5 Å². The van der Waals surface area contributed by atoms with E-state index in [1.807, 2.05) is 10.8 Å². The van der Waals surface area contributed by atoms with Crippen LogP contribution in [0.5, 0.6) is 0 Å². The summed E-state index contributed by atoms with van der Waals surface area (Å²) in [7, 11) is 0. The molecule has 11 heteroatoms. The first-order valence-corrected chi connectivity index (χ1v) is 10.9. The number of nitrogens with two attached hydrogens (primary N) is 1. The minimum absolute atomic E-state index is 0.0000361. The smallest absolute Gasteiger partial charge is 0.350 e. The number of fused-ring (bicyclic) bond motifs is 1. The summed E-state index contributed by atoms with van der Waals surface area (Å²) < 4.78 is 46.9. The van der Waals surface area contributed by atoms with E-state index in [0.29, 0.717) is 22.6 Å². The van der Waals surface area contributed by atoms with Crippen molar-refractivity contribution in [3.05, 3.63) is 88.7 Å². The molecule has 0 spiro atoms. The van der Waals surface area contributed by atoms with Crippen molar-refractivity contribution in [1.29, 1.82) is 0 Å². The number of nitrogens with zero attached hydrogens (tertiary/aromatic N) is 6.